The van der Waals surface area contributed by atoms with Gasteiger partial charge in [0.1, 0.15) is 0 Å². The molecule has 1 nitrogen and oxygen atoms in total. The van der Waals surface area contributed by atoms with Gasteiger partial charge in [-0.05, 0) is 0 Å². The summed E-state index contributed by atoms with van der Waals surface area (Å²) in [6.45, 7) is 2.49. The van der Waals surface area contributed by atoms with E-state index in [0.717, 1.165) is 0 Å². The predicted molar refractivity (Wildman–Crippen MR) is 81.0 cm³/mol. The summed E-state index contributed by atoms with van der Waals surface area (Å²) in [6, 6.07) is 0. The minimum atomic E-state index is 0.361. The molecule has 9 heteroatoms. The Kier molecular flexibility index (Phi) is 15.2. The Balaban J connectivity index is 2.79. The molecule has 0 amide bonds. The molecule has 0 atom stereocenters. The number of fused-ring (bicyclic) bond motifs is 2. The molecule has 3 aromatic rings. The van der Waals surface area contributed by atoms with Gasteiger partial charge in [-0.15, -0.1) is 0 Å². The standard InChI is InChI=1S/C16H6O.8Ra.8H/c1-11-3-4-12-9-15-10-16(17-2)6-5-13(15)8-14(12)7-11;;;;;;;;;;;;;;;;/h1-2H3;;;;;;;;;;;;;;;;. The molecule has 0 saturated carbocycles. The molecule has 0 aliphatic rings. The Labute approximate surface area is 383 Å². The van der Waals surface area contributed by atoms with Crippen LogP contribution in [-0.2, 0) is 0 Å². The molecule has 0 spiro atoms. The van der Waals surface area contributed by atoms with Crippen molar-refractivity contribution in [2.24, 2.45) is 0 Å². The summed E-state index contributed by atoms with van der Waals surface area (Å²) in [5.41, 5.74) is 1.79. The number of benzene rings is 3. The van der Waals surface area contributed by atoms with Crippen LogP contribution in [0, 0.1) is 349 Å². The Hall–Kier alpha value is 9.72. The molecule has 100 valence electrons. The first kappa shape index (κ1) is 29.3. The summed E-state index contributed by atoms with van der Waals surface area (Å²) in [4.78, 5) is 0. The molecular weight excluding hydrogens is 2020 g/mol. The number of hydrogen-bond donors (Lipinski definition) is 0. The van der Waals surface area contributed by atoms with Gasteiger partial charge in [0.05, 0.1) is 0 Å². The van der Waals surface area contributed by atoms with E-state index in [2.05, 4.69) is 6.92 Å². The second-order valence-electron chi connectivity index (χ2n) is 7.66. The number of rotatable bonds is 1. The Morgan fingerprint density at radius 3 is 1.36 bits per heavy atom. The predicted octanol–water partition coefficient (Wildman–Crippen LogP) is -4.43. The summed E-state index contributed by atoms with van der Waals surface area (Å²) in [5.74, 6) is 1.40. The average molecular weight is 2030 g/mol. The van der Waals surface area contributed by atoms with E-state index in [-0.39, 0.29) is 0 Å². The third kappa shape index (κ3) is 5.92. The molecule has 0 heterocycles. The second-order valence-corrected chi connectivity index (χ2v) is 40.5. The molecule has 0 radical (unpaired) electrons. The van der Waals surface area contributed by atoms with Crippen LogP contribution in [0.15, 0.2) is 0 Å². The average Bonchev–Trinajstić information content (AvgIpc) is 2.57. The van der Waals surface area contributed by atoms with Gasteiger partial charge in [0.25, 0.3) is 0 Å². The van der Waals surface area contributed by atoms with Crippen molar-refractivity contribution in [2.45, 2.75) is 6.92 Å². The van der Waals surface area contributed by atoms with Gasteiger partial charge in [0.2, 0.25) is 0 Å². The Bertz CT molecular complexity index is 1070. The summed E-state index contributed by atoms with van der Waals surface area (Å²) in [7, 11) is 1.95. The van der Waals surface area contributed by atoms with E-state index in [1.165, 1.54) is 5.75 Å². The van der Waals surface area contributed by atoms with Crippen LogP contribution in [-0.4, -0.2) is 7.11 Å². The molecule has 0 aliphatic carbocycles. The van der Waals surface area contributed by atoms with Crippen molar-refractivity contribution in [3.63, 3.8) is 0 Å². The van der Waals surface area contributed by atoms with Crippen molar-refractivity contribution in [2.75, 3.05) is 7.11 Å². The first-order valence-electron chi connectivity index (χ1n) is 9.11. The fraction of sp³-hybridized carbons (Fsp3) is 0.125. The second kappa shape index (κ2) is 13.0. The first-order chi connectivity index (χ1) is 11.6. The van der Waals surface area contributed by atoms with Crippen molar-refractivity contribution in [3.05, 3.63) is 5.56 Å². The summed E-state index contributed by atoms with van der Waals surface area (Å²) in [5, 5.41) is 7.45. The zero-order chi connectivity index (χ0) is 18.8. The molecule has 0 saturated heterocycles. The van der Waals surface area contributed by atoms with Gasteiger partial charge in [-0.3, -0.25) is 0 Å². The van der Waals surface area contributed by atoms with Gasteiger partial charge in [-0.1, -0.05) is 0 Å². The topological polar surface area (TPSA) is 9.23 Å². The van der Waals surface area contributed by atoms with Crippen LogP contribution >= 0.6 is 0 Å². The van der Waals surface area contributed by atoms with Gasteiger partial charge in [0.15, 0.2) is 0 Å². The number of ether oxygens (including phenoxy) is 1. The van der Waals surface area contributed by atoms with Crippen molar-refractivity contribution in [1.29, 1.82) is 0 Å². The molecule has 0 aromatic heterocycles. The quantitative estimate of drug-likeness (QED) is 0.224. The van der Waals surface area contributed by atoms with Crippen molar-refractivity contribution >= 4 is 26.4 Å². The minimum absolute atomic E-state index is 0.361. The van der Waals surface area contributed by atoms with Crippen LogP contribution in [0.5, 0.6) is 5.75 Å². The zero-order valence-electron chi connectivity index (χ0n) is 17.4. The van der Waals surface area contributed by atoms with Gasteiger partial charge in [-0.2, -0.15) is 0 Å². The van der Waals surface area contributed by atoms with Crippen LogP contribution in [0.2, 0.25) is 0 Å². The first-order valence-corrected chi connectivity index (χ1v) is 42.0. The van der Waals surface area contributed by atoms with Crippen molar-refractivity contribution < 1.29 is 347 Å². The maximum absolute atomic E-state index is 6.00. The van der Waals surface area contributed by atoms with Gasteiger partial charge >= 0.3 is 399 Å². The fourth-order valence-corrected chi connectivity index (χ4v) is 88.5. The van der Waals surface area contributed by atoms with E-state index < -0.39 is 0 Å². The molecule has 0 fully saturated rings. The van der Waals surface area contributed by atoms with E-state index in [0.29, 0.717) is 342 Å². The molecule has 0 aliphatic heterocycles. The third-order valence-electron chi connectivity index (χ3n) is 6.64. The monoisotopic (exact) mass is 2030 g/mol. The summed E-state index contributed by atoms with van der Waals surface area (Å²) >= 11 is 3.46. The number of hydrogen-bond acceptors (Lipinski definition) is 1. The van der Waals surface area contributed by atoms with Crippen LogP contribution in [0.25, 0.3) is 21.5 Å². The van der Waals surface area contributed by atoms with Gasteiger partial charge in [0, 0.05) is 0 Å². The SMILES string of the molecule is COc1[c]([RaH])[c]([RaH])c2[c]([RaH])c3[c]([RaH])c(C)[c]([RaH])[c]([RaH])c3[c]([RaH])c2[c]1[RaH]. The third-order valence-corrected chi connectivity index (χ3v) is 79.1. The van der Waals surface area contributed by atoms with Gasteiger partial charge < -0.3 is 0 Å². The molecule has 0 bridgehead atoms. The molecule has 25 heavy (non-hydrogen) atoms. The Morgan fingerprint density at radius 1 is 0.480 bits per heavy atom. The van der Waals surface area contributed by atoms with Crippen LogP contribution in [0.1, 0.15) is 5.56 Å². The van der Waals surface area contributed by atoms with Gasteiger partial charge in [-0.25, -0.2) is 0 Å². The molecule has 3 rings (SSSR count). The number of methoxy groups -OCH3 is 1. The maximum atomic E-state index is 6.00. The molecule has 3 aromatic carbocycles. The molecular formula is C16H14ORa8. The van der Waals surface area contributed by atoms with Crippen LogP contribution < -0.4 is 9.57 Å². The van der Waals surface area contributed by atoms with E-state index >= 15 is 0 Å². The molecule has 0 unspecified atom stereocenters. The van der Waals surface area contributed by atoms with E-state index in [4.69, 9.17) is 4.74 Å². The Morgan fingerprint density at radius 2 is 0.880 bits per heavy atom. The van der Waals surface area contributed by atoms with E-state index in [1.807, 2.05) is 32.3 Å². The van der Waals surface area contributed by atoms with Crippen LogP contribution in [0.3, 0.4) is 0 Å². The zero-order valence-corrected chi connectivity index (χ0v) is 83.2. The van der Waals surface area contributed by atoms with E-state index in [9.17, 15) is 0 Å². The normalized spacial score (nSPS) is 11.0. The fourth-order valence-electron chi connectivity index (χ4n) is 4.87. The van der Waals surface area contributed by atoms with Crippen molar-refractivity contribution in [3.8, 4) is 5.75 Å². The molecule has 0 N–H and O–H groups in total. The summed E-state index contributed by atoms with van der Waals surface area (Å²) in [6.07, 6.45) is 0. The summed E-state index contributed by atoms with van der Waals surface area (Å²) < 4.78 is 20.9. The van der Waals surface area contributed by atoms with Crippen molar-refractivity contribution in [1.82, 2.24) is 0 Å². The van der Waals surface area contributed by atoms with Crippen LogP contribution in [0.4, 0.5) is 0 Å². The van der Waals surface area contributed by atoms with E-state index in [1.54, 1.807) is 6.77 Å².